The first-order valence-corrected chi connectivity index (χ1v) is 6.49. The predicted octanol–water partition coefficient (Wildman–Crippen LogP) is 3.72. The second-order valence-corrected chi connectivity index (χ2v) is 5.51. The topological polar surface area (TPSA) is 37.8 Å². The Balaban J connectivity index is 3.22. The first-order valence-electron chi connectivity index (χ1n) is 6.49. The van der Waals surface area contributed by atoms with E-state index in [2.05, 4.69) is 44.9 Å². The van der Waals surface area contributed by atoms with Gasteiger partial charge in [-0.15, -0.1) is 0 Å². The lowest BCUT2D eigenvalue weighted by molar-refractivity contribution is 0.542. The Morgan fingerprint density at radius 2 is 1.76 bits per heavy atom. The highest BCUT2D eigenvalue weighted by Crippen LogP contribution is 2.26. The molecule has 0 saturated carbocycles. The molecule has 0 unspecified atom stereocenters. The molecular formula is C14H25N3. The molecule has 0 bridgehead atoms. The van der Waals surface area contributed by atoms with Gasteiger partial charge in [-0.05, 0) is 12.8 Å². The van der Waals surface area contributed by atoms with Crippen LogP contribution in [0.3, 0.4) is 0 Å². The smallest absolute Gasteiger partial charge is 0.134 e. The van der Waals surface area contributed by atoms with Crippen molar-refractivity contribution in [2.45, 2.75) is 58.8 Å². The van der Waals surface area contributed by atoms with Gasteiger partial charge in [0.1, 0.15) is 11.6 Å². The van der Waals surface area contributed by atoms with Crippen molar-refractivity contribution < 1.29 is 0 Å². The summed E-state index contributed by atoms with van der Waals surface area (Å²) in [5.41, 5.74) is 1.17. The molecule has 96 valence electrons. The van der Waals surface area contributed by atoms with Crippen LogP contribution in [-0.2, 0) is 5.41 Å². The van der Waals surface area contributed by atoms with Crippen molar-refractivity contribution in [1.82, 2.24) is 9.97 Å². The Hall–Kier alpha value is -1.12. The molecule has 3 heteroatoms. The molecule has 0 saturated heterocycles. The Morgan fingerprint density at radius 3 is 2.18 bits per heavy atom. The Kier molecular flexibility index (Phi) is 4.49. The van der Waals surface area contributed by atoms with Gasteiger partial charge in [0, 0.05) is 24.4 Å². The summed E-state index contributed by atoms with van der Waals surface area (Å²) in [6.45, 7) is 10.9. The summed E-state index contributed by atoms with van der Waals surface area (Å²) in [7, 11) is 1.91. The molecule has 0 atom stereocenters. The van der Waals surface area contributed by atoms with Gasteiger partial charge in [-0.25, -0.2) is 9.97 Å². The quantitative estimate of drug-likeness (QED) is 0.864. The standard InChI is InChI=1S/C14H25N3/c1-7-10(8-2)13-16-11(14(3,4)5)9-12(15-6)17-13/h9-10H,7-8H2,1-6H3,(H,15,16,17). The van der Waals surface area contributed by atoms with Crippen molar-refractivity contribution in [3.8, 4) is 0 Å². The van der Waals surface area contributed by atoms with Gasteiger partial charge in [0.15, 0.2) is 0 Å². The Labute approximate surface area is 105 Å². The van der Waals surface area contributed by atoms with E-state index in [-0.39, 0.29) is 5.41 Å². The SMILES string of the molecule is CCC(CC)c1nc(NC)cc(C(C)(C)C)n1. The van der Waals surface area contributed by atoms with Crippen LogP contribution in [0.5, 0.6) is 0 Å². The van der Waals surface area contributed by atoms with Gasteiger partial charge in [-0.2, -0.15) is 0 Å². The molecule has 0 aromatic carbocycles. The fraction of sp³-hybridized carbons (Fsp3) is 0.714. The second kappa shape index (κ2) is 5.48. The fourth-order valence-electron chi connectivity index (χ4n) is 1.81. The summed E-state index contributed by atoms with van der Waals surface area (Å²) in [5, 5.41) is 3.13. The minimum absolute atomic E-state index is 0.0648. The summed E-state index contributed by atoms with van der Waals surface area (Å²) < 4.78 is 0. The fourth-order valence-corrected chi connectivity index (χ4v) is 1.81. The average molecular weight is 235 g/mol. The molecule has 3 nitrogen and oxygen atoms in total. The molecule has 1 heterocycles. The number of nitrogens with one attached hydrogen (secondary N) is 1. The molecule has 0 aliphatic heterocycles. The molecule has 1 aromatic heterocycles. The summed E-state index contributed by atoms with van der Waals surface area (Å²) in [6, 6.07) is 2.05. The lowest BCUT2D eigenvalue weighted by Gasteiger charge is -2.21. The van der Waals surface area contributed by atoms with Crippen molar-refractivity contribution in [1.29, 1.82) is 0 Å². The van der Waals surface area contributed by atoms with Gasteiger partial charge < -0.3 is 5.32 Å². The molecule has 0 fully saturated rings. The predicted molar refractivity (Wildman–Crippen MR) is 73.6 cm³/mol. The van der Waals surface area contributed by atoms with E-state index < -0.39 is 0 Å². The number of rotatable bonds is 4. The van der Waals surface area contributed by atoms with Crippen LogP contribution in [0.15, 0.2) is 6.07 Å². The molecule has 1 N–H and O–H groups in total. The molecule has 0 aliphatic carbocycles. The number of hydrogen-bond donors (Lipinski definition) is 1. The van der Waals surface area contributed by atoms with E-state index in [4.69, 9.17) is 4.98 Å². The van der Waals surface area contributed by atoms with Gasteiger partial charge >= 0.3 is 0 Å². The molecule has 17 heavy (non-hydrogen) atoms. The monoisotopic (exact) mass is 235 g/mol. The number of hydrogen-bond acceptors (Lipinski definition) is 3. The zero-order valence-corrected chi connectivity index (χ0v) is 12.0. The summed E-state index contributed by atoms with van der Waals surface area (Å²) in [4.78, 5) is 9.33. The van der Waals surface area contributed by atoms with E-state index in [1.807, 2.05) is 13.1 Å². The third-order valence-electron chi connectivity index (χ3n) is 3.12. The van der Waals surface area contributed by atoms with E-state index in [9.17, 15) is 0 Å². The first kappa shape index (κ1) is 13.9. The van der Waals surface area contributed by atoms with Crippen LogP contribution in [0.2, 0.25) is 0 Å². The van der Waals surface area contributed by atoms with Crippen LogP contribution in [0.1, 0.15) is 64.9 Å². The Morgan fingerprint density at radius 1 is 1.18 bits per heavy atom. The number of anilines is 1. The summed E-state index contributed by atoms with van der Waals surface area (Å²) >= 11 is 0. The van der Waals surface area contributed by atoms with E-state index in [1.165, 1.54) is 0 Å². The van der Waals surface area contributed by atoms with Gasteiger partial charge in [0.05, 0.1) is 5.69 Å². The van der Waals surface area contributed by atoms with Gasteiger partial charge in [0.25, 0.3) is 0 Å². The van der Waals surface area contributed by atoms with Crippen LogP contribution >= 0.6 is 0 Å². The van der Waals surface area contributed by atoms with Crippen LogP contribution in [-0.4, -0.2) is 17.0 Å². The van der Waals surface area contributed by atoms with Crippen LogP contribution in [0.25, 0.3) is 0 Å². The largest absolute Gasteiger partial charge is 0.373 e. The Bertz CT molecular complexity index is 362. The minimum Gasteiger partial charge on any atom is -0.373 e. The van der Waals surface area contributed by atoms with Crippen molar-refractivity contribution >= 4 is 5.82 Å². The summed E-state index contributed by atoms with van der Waals surface area (Å²) in [6.07, 6.45) is 2.18. The van der Waals surface area contributed by atoms with Crippen LogP contribution in [0.4, 0.5) is 5.82 Å². The third-order valence-corrected chi connectivity index (χ3v) is 3.12. The third kappa shape index (κ3) is 3.42. The van der Waals surface area contributed by atoms with Crippen molar-refractivity contribution in [3.05, 3.63) is 17.6 Å². The molecule has 0 radical (unpaired) electrons. The normalized spacial score (nSPS) is 11.9. The molecule has 1 aromatic rings. The highest BCUT2D eigenvalue weighted by molar-refractivity contribution is 5.37. The van der Waals surface area contributed by atoms with Gasteiger partial charge in [-0.1, -0.05) is 34.6 Å². The first-order chi connectivity index (χ1) is 7.92. The molecule has 0 aliphatic rings. The summed E-state index contributed by atoms with van der Waals surface area (Å²) in [5.74, 6) is 2.36. The lowest BCUT2D eigenvalue weighted by atomic mass is 9.91. The maximum absolute atomic E-state index is 4.74. The van der Waals surface area contributed by atoms with Gasteiger partial charge in [-0.3, -0.25) is 0 Å². The minimum atomic E-state index is 0.0648. The van der Waals surface area contributed by atoms with Crippen molar-refractivity contribution in [2.75, 3.05) is 12.4 Å². The van der Waals surface area contributed by atoms with Crippen LogP contribution in [0, 0.1) is 0 Å². The zero-order chi connectivity index (χ0) is 13.1. The number of aromatic nitrogens is 2. The zero-order valence-electron chi connectivity index (χ0n) is 12.0. The maximum atomic E-state index is 4.74. The lowest BCUT2D eigenvalue weighted by Crippen LogP contribution is -2.17. The highest BCUT2D eigenvalue weighted by atomic mass is 15.0. The second-order valence-electron chi connectivity index (χ2n) is 5.51. The molecular weight excluding hydrogens is 210 g/mol. The highest BCUT2D eigenvalue weighted by Gasteiger charge is 2.20. The van der Waals surface area contributed by atoms with Crippen molar-refractivity contribution in [2.24, 2.45) is 0 Å². The van der Waals surface area contributed by atoms with Gasteiger partial charge in [0.2, 0.25) is 0 Å². The average Bonchev–Trinajstić information content (AvgIpc) is 2.29. The van der Waals surface area contributed by atoms with E-state index in [1.54, 1.807) is 0 Å². The molecule has 0 spiro atoms. The van der Waals surface area contributed by atoms with E-state index in [0.29, 0.717) is 5.92 Å². The van der Waals surface area contributed by atoms with Crippen LogP contribution < -0.4 is 5.32 Å². The van der Waals surface area contributed by atoms with Crippen molar-refractivity contribution in [3.63, 3.8) is 0 Å². The van der Waals surface area contributed by atoms with E-state index in [0.717, 1.165) is 30.2 Å². The van der Waals surface area contributed by atoms with E-state index >= 15 is 0 Å². The maximum Gasteiger partial charge on any atom is 0.134 e. The number of nitrogens with zero attached hydrogens (tertiary/aromatic N) is 2. The molecule has 0 amide bonds. The molecule has 1 rings (SSSR count).